The van der Waals surface area contributed by atoms with E-state index in [9.17, 15) is 0 Å². The van der Waals surface area contributed by atoms with Crippen molar-refractivity contribution >= 4 is 27.3 Å². The Bertz CT molecular complexity index is 299. The van der Waals surface area contributed by atoms with Crippen molar-refractivity contribution in [3.63, 3.8) is 0 Å². The zero-order chi connectivity index (χ0) is 11.1. The summed E-state index contributed by atoms with van der Waals surface area (Å²) >= 11 is 5.26. The third-order valence-corrected chi connectivity index (χ3v) is 3.69. The molecule has 0 unspecified atom stereocenters. The van der Waals surface area contributed by atoms with Gasteiger partial charge in [-0.25, -0.2) is 0 Å². The van der Waals surface area contributed by atoms with Crippen LogP contribution in [0.5, 0.6) is 0 Å². The molecular weight excluding hydrogens is 272 g/mol. The molecule has 2 nitrogen and oxygen atoms in total. The maximum absolute atomic E-state index is 3.67. The lowest BCUT2D eigenvalue weighted by atomic mass is 10.4. The summed E-state index contributed by atoms with van der Waals surface area (Å²) in [6, 6.07) is 2.18. The monoisotopic (exact) mass is 288 g/mol. The number of rotatable bonds is 7. The highest BCUT2D eigenvalue weighted by Crippen LogP contribution is 2.20. The first-order valence-corrected chi connectivity index (χ1v) is 6.62. The normalized spacial score (nSPS) is 10.9. The fourth-order valence-corrected chi connectivity index (χ4v) is 2.79. The van der Waals surface area contributed by atoms with E-state index in [-0.39, 0.29) is 0 Å². The number of likely N-dealkylation sites (N-methyl/N-ethyl adjacent to an activating group) is 1. The molecule has 0 saturated carbocycles. The molecule has 1 aromatic rings. The minimum atomic E-state index is 0.887. The lowest BCUT2D eigenvalue weighted by molar-refractivity contribution is 0.329. The molecule has 0 bridgehead atoms. The number of thiophene rings is 1. The van der Waals surface area contributed by atoms with Crippen LogP contribution in [0.3, 0.4) is 0 Å². The van der Waals surface area contributed by atoms with Gasteiger partial charge in [0, 0.05) is 40.9 Å². The molecule has 84 valence electrons. The number of nitrogens with zero attached hydrogens (tertiary/aromatic N) is 1. The van der Waals surface area contributed by atoms with Gasteiger partial charge in [-0.3, -0.25) is 0 Å². The Morgan fingerprint density at radius 3 is 3.07 bits per heavy atom. The molecule has 0 saturated heterocycles. The second-order valence-electron chi connectivity index (χ2n) is 3.46. The number of hydrogen-bond donors (Lipinski definition) is 1. The van der Waals surface area contributed by atoms with Gasteiger partial charge in [-0.1, -0.05) is 6.08 Å². The van der Waals surface area contributed by atoms with Crippen molar-refractivity contribution in [1.82, 2.24) is 10.2 Å². The molecule has 0 radical (unpaired) electrons. The van der Waals surface area contributed by atoms with Crippen LogP contribution in [-0.2, 0) is 6.54 Å². The van der Waals surface area contributed by atoms with Crippen LogP contribution in [0.1, 0.15) is 4.88 Å². The maximum Gasteiger partial charge on any atom is 0.0325 e. The van der Waals surface area contributed by atoms with E-state index in [1.54, 1.807) is 11.3 Å². The summed E-state index contributed by atoms with van der Waals surface area (Å²) in [4.78, 5) is 3.71. The minimum absolute atomic E-state index is 0.887. The predicted octanol–water partition coefficient (Wildman–Crippen LogP) is 2.72. The van der Waals surface area contributed by atoms with Gasteiger partial charge in [0.25, 0.3) is 0 Å². The van der Waals surface area contributed by atoms with E-state index in [2.05, 4.69) is 51.2 Å². The number of nitrogens with one attached hydrogen (secondary N) is 1. The van der Waals surface area contributed by atoms with Crippen LogP contribution in [0, 0.1) is 0 Å². The van der Waals surface area contributed by atoms with Crippen LogP contribution < -0.4 is 5.32 Å². The van der Waals surface area contributed by atoms with Crippen LogP contribution in [0.4, 0.5) is 0 Å². The summed E-state index contributed by atoms with van der Waals surface area (Å²) < 4.78 is 1.18. The second-order valence-corrected chi connectivity index (χ2v) is 5.37. The first-order valence-electron chi connectivity index (χ1n) is 4.95. The highest BCUT2D eigenvalue weighted by atomic mass is 79.9. The molecule has 0 fully saturated rings. The van der Waals surface area contributed by atoms with Crippen molar-refractivity contribution in [2.45, 2.75) is 6.54 Å². The highest BCUT2D eigenvalue weighted by molar-refractivity contribution is 9.10. The smallest absolute Gasteiger partial charge is 0.0325 e. The van der Waals surface area contributed by atoms with E-state index in [1.807, 2.05) is 6.08 Å². The molecule has 0 aliphatic heterocycles. The Hall–Kier alpha value is -0.160. The molecule has 0 spiro atoms. The van der Waals surface area contributed by atoms with E-state index >= 15 is 0 Å². The van der Waals surface area contributed by atoms with E-state index in [0.29, 0.717) is 0 Å². The molecule has 1 N–H and O–H groups in total. The molecule has 1 aromatic heterocycles. The second kappa shape index (κ2) is 7.17. The highest BCUT2D eigenvalue weighted by Gasteiger charge is 2.02. The Morgan fingerprint density at radius 2 is 2.47 bits per heavy atom. The predicted molar refractivity (Wildman–Crippen MR) is 71.4 cm³/mol. The van der Waals surface area contributed by atoms with Crippen molar-refractivity contribution in [3.05, 3.63) is 33.5 Å². The van der Waals surface area contributed by atoms with Gasteiger partial charge in [-0.15, -0.1) is 17.9 Å². The quantitative estimate of drug-likeness (QED) is 0.613. The minimum Gasteiger partial charge on any atom is -0.312 e. The van der Waals surface area contributed by atoms with Gasteiger partial charge in [-0.05, 0) is 29.0 Å². The summed E-state index contributed by atoms with van der Waals surface area (Å²) in [5.74, 6) is 0. The van der Waals surface area contributed by atoms with Crippen LogP contribution in [0.15, 0.2) is 28.6 Å². The van der Waals surface area contributed by atoms with Gasteiger partial charge in [0.05, 0.1) is 0 Å². The molecule has 1 heterocycles. The van der Waals surface area contributed by atoms with Gasteiger partial charge >= 0.3 is 0 Å². The standard InChI is InChI=1S/C11H17BrN2S/c1-3-4-13-5-6-14(2)8-11-7-10(12)9-15-11/h3,7,9,13H,1,4-6,8H2,2H3. The fraction of sp³-hybridized carbons (Fsp3) is 0.455. The molecule has 0 aliphatic rings. The number of halogens is 1. The average molecular weight is 289 g/mol. The summed E-state index contributed by atoms with van der Waals surface area (Å²) in [5, 5.41) is 5.42. The van der Waals surface area contributed by atoms with Crippen molar-refractivity contribution < 1.29 is 0 Å². The maximum atomic E-state index is 3.67. The van der Waals surface area contributed by atoms with Crippen LogP contribution in [-0.4, -0.2) is 31.6 Å². The fourth-order valence-electron chi connectivity index (χ4n) is 1.26. The van der Waals surface area contributed by atoms with Crippen LogP contribution in [0.2, 0.25) is 0 Å². The van der Waals surface area contributed by atoms with E-state index < -0.39 is 0 Å². The average Bonchev–Trinajstić information content (AvgIpc) is 2.59. The Morgan fingerprint density at radius 1 is 1.67 bits per heavy atom. The first kappa shape index (κ1) is 12.9. The molecule has 4 heteroatoms. The van der Waals surface area contributed by atoms with E-state index in [4.69, 9.17) is 0 Å². The van der Waals surface area contributed by atoms with E-state index in [1.165, 1.54) is 9.35 Å². The van der Waals surface area contributed by atoms with Crippen molar-refractivity contribution in [3.8, 4) is 0 Å². The van der Waals surface area contributed by atoms with Gasteiger partial charge < -0.3 is 10.2 Å². The topological polar surface area (TPSA) is 15.3 Å². The zero-order valence-corrected chi connectivity index (χ0v) is 11.4. The van der Waals surface area contributed by atoms with Crippen molar-refractivity contribution in [2.75, 3.05) is 26.7 Å². The Labute approximate surface area is 104 Å². The van der Waals surface area contributed by atoms with Crippen molar-refractivity contribution in [1.29, 1.82) is 0 Å². The molecule has 0 aliphatic carbocycles. The first-order chi connectivity index (χ1) is 7.22. The Balaban J connectivity index is 2.18. The van der Waals surface area contributed by atoms with Gasteiger partial charge in [-0.2, -0.15) is 0 Å². The van der Waals surface area contributed by atoms with Gasteiger partial charge in [0.15, 0.2) is 0 Å². The van der Waals surface area contributed by atoms with Crippen LogP contribution >= 0.6 is 27.3 Å². The lowest BCUT2D eigenvalue weighted by Gasteiger charge is -2.15. The molecule has 15 heavy (non-hydrogen) atoms. The summed E-state index contributed by atoms with van der Waals surface area (Å²) in [6.07, 6.45) is 1.89. The molecule has 0 atom stereocenters. The van der Waals surface area contributed by atoms with Crippen molar-refractivity contribution in [2.24, 2.45) is 0 Å². The molecule has 1 rings (SSSR count). The third kappa shape index (κ3) is 5.47. The largest absolute Gasteiger partial charge is 0.312 e. The molecule has 0 aromatic carbocycles. The summed E-state index contributed by atoms with van der Waals surface area (Å²) in [7, 11) is 2.14. The van der Waals surface area contributed by atoms with Gasteiger partial charge in [0.1, 0.15) is 0 Å². The van der Waals surface area contributed by atoms with E-state index in [0.717, 1.165) is 26.2 Å². The third-order valence-electron chi connectivity index (χ3n) is 2.01. The molecular formula is C11H17BrN2S. The SMILES string of the molecule is C=CCNCCN(C)Cc1cc(Br)cs1. The number of hydrogen-bond acceptors (Lipinski definition) is 3. The summed E-state index contributed by atoms with van der Waals surface area (Å²) in [6.45, 7) is 7.64. The molecule has 0 amide bonds. The summed E-state index contributed by atoms with van der Waals surface area (Å²) in [5.41, 5.74) is 0. The zero-order valence-electron chi connectivity index (χ0n) is 9.00. The van der Waals surface area contributed by atoms with Crippen LogP contribution in [0.25, 0.3) is 0 Å². The lowest BCUT2D eigenvalue weighted by Crippen LogP contribution is -2.28. The van der Waals surface area contributed by atoms with Gasteiger partial charge in [0.2, 0.25) is 0 Å². The Kier molecular flexibility index (Phi) is 6.17.